The predicted octanol–water partition coefficient (Wildman–Crippen LogP) is 1.43. The van der Waals surface area contributed by atoms with Gasteiger partial charge in [-0.3, -0.25) is 0 Å². The lowest BCUT2D eigenvalue weighted by atomic mass is 9.96. The first-order valence-electron chi connectivity index (χ1n) is 3.29. The van der Waals surface area contributed by atoms with E-state index in [1.807, 2.05) is 0 Å². The average Bonchev–Trinajstić information content (AvgIpc) is 1.89. The Kier molecular flexibility index (Phi) is 2.70. The molecule has 1 aliphatic rings. The lowest BCUT2D eigenvalue weighted by molar-refractivity contribution is 0.184. The van der Waals surface area contributed by atoms with E-state index in [4.69, 9.17) is 0 Å². The van der Waals surface area contributed by atoms with E-state index in [1.54, 1.807) is 0 Å². The summed E-state index contributed by atoms with van der Waals surface area (Å²) >= 11 is 2.90. The van der Waals surface area contributed by atoms with Crippen LogP contribution in [0.3, 0.4) is 0 Å². The standard InChI is InChI=1S/C7H9BrFN/c8-4-1-7(9)2-5-10-6-3-7/h10H,2-3,5-6H2. The summed E-state index contributed by atoms with van der Waals surface area (Å²) in [4.78, 5) is 2.44. The maximum absolute atomic E-state index is 13.3. The van der Waals surface area contributed by atoms with Crippen LogP contribution in [-0.4, -0.2) is 18.8 Å². The maximum atomic E-state index is 13.3. The molecule has 0 aromatic rings. The van der Waals surface area contributed by atoms with E-state index in [-0.39, 0.29) is 0 Å². The van der Waals surface area contributed by atoms with Crippen molar-refractivity contribution in [2.75, 3.05) is 13.1 Å². The van der Waals surface area contributed by atoms with E-state index < -0.39 is 5.67 Å². The third-order valence-corrected chi connectivity index (χ3v) is 1.87. The Morgan fingerprint density at radius 1 is 1.40 bits per heavy atom. The van der Waals surface area contributed by atoms with E-state index in [9.17, 15) is 4.39 Å². The van der Waals surface area contributed by atoms with Gasteiger partial charge in [-0.05, 0) is 23.8 Å². The van der Waals surface area contributed by atoms with Crippen molar-refractivity contribution in [2.45, 2.75) is 18.5 Å². The number of hydrogen-bond donors (Lipinski definition) is 1. The first kappa shape index (κ1) is 8.03. The molecule has 56 valence electrons. The van der Waals surface area contributed by atoms with Crippen LogP contribution < -0.4 is 5.32 Å². The van der Waals surface area contributed by atoms with Crippen LogP contribution in [-0.2, 0) is 0 Å². The van der Waals surface area contributed by atoms with E-state index in [0.717, 1.165) is 13.1 Å². The van der Waals surface area contributed by atoms with Crippen LogP contribution >= 0.6 is 15.9 Å². The Bertz CT molecular complexity index is 164. The molecule has 1 N–H and O–H groups in total. The first-order chi connectivity index (χ1) is 4.77. The van der Waals surface area contributed by atoms with Gasteiger partial charge in [0.2, 0.25) is 0 Å². The van der Waals surface area contributed by atoms with Crippen molar-refractivity contribution in [1.29, 1.82) is 0 Å². The van der Waals surface area contributed by atoms with Crippen LogP contribution in [0.15, 0.2) is 0 Å². The zero-order valence-corrected chi connectivity index (χ0v) is 7.17. The molecule has 1 heterocycles. The Morgan fingerprint density at radius 3 is 2.50 bits per heavy atom. The maximum Gasteiger partial charge on any atom is 0.174 e. The summed E-state index contributed by atoms with van der Waals surface area (Å²) in [6.07, 6.45) is 1.01. The van der Waals surface area contributed by atoms with E-state index in [0.29, 0.717) is 12.8 Å². The largest absolute Gasteiger partial charge is 0.316 e. The highest BCUT2D eigenvalue weighted by Crippen LogP contribution is 2.21. The summed E-state index contributed by atoms with van der Waals surface area (Å²) in [5.41, 5.74) is -1.24. The molecule has 10 heavy (non-hydrogen) atoms. The lowest BCUT2D eigenvalue weighted by Crippen LogP contribution is -2.37. The number of alkyl halides is 1. The van der Waals surface area contributed by atoms with Crippen LogP contribution in [0, 0.1) is 10.8 Å². The van der Waals surface area contributed by atoms with Crippen LogP contribution in [0.25, 0.3) is 0 Å². The van der Waals surface area contributed by atoms with Crippen molar-refractivity contribution in [1.82, 2.24) is 5.32 Å². The van der Waals surface area contributed by atoms with Crippen LogP contribution in [0.2, 0.25) is 0 Å². The minimum atomic E-state index is -1.24. The van der Waals surface area contributed by atoms with Crippen molar-refractivity contribution in [3.63, 3.8) is 0 Å². The SMILES string of the molecule is FC1(C#CBr)CCNCC1. The molecule has 1 aliphatic heterocycles. The van der Waals surface area contributed by atoms with Gasteiger partial charge in [-0.25, -0.2) is 4.39 Å². The average molecular weight is 206 g/mol. The highest BCUT2D eigenvalue weighted by atomic mass is 79.9. The third kappa shape index (κ3) is 1.96. The molecule has 0 saturated carbocycles. The van der Waals surface area contributed by atoms with Crippen LogP contribution in [0.5, 0.6) is 0 Å². The molecule has 1 fully saturated rings. The third-order valence-electron chi connectivity index (χ3n) is 1.67. The summed E-state index contributed by atoms with van der Waals surface area (Å²) in [7, 11) is 0. The summed E-state index contributed by atoms with van der Waals surface area (Å²) in [6, 6.07) is 0. The van der Waals surface area contributed by atoms with Crippen molar-refractivity contribution < 1.29 is 4.39 Å². The predicted molar refractivity (Wildman–Crippen MR) is 42.6 cm³/mol. The molecule has 0 bridgehead atoms. The van der Waals surface area contributed by atoms with Gasteiger partial charge in [-0.2, -0.15) is 0 Å². The molecule has 1 nitrogen and oxygen atoms in total. The number of rotatable bonds is 0. The number of halogens is 2. The number of nitrogens with one attached hydrogen (secondary N) is 1. The smallest absolute Gasteiger partial charge is 0.174 e. The second-order valence-corrected chi connectivity index (χ2v) is 2.83. The topological polar surface area (TPSA) is 12.0 Å². The van der Waals surface area contributed by atoms with Gasteiger partial charge < -0.3 is 5.32 Å². The number of hydrogen-bond acceptors (Lipinski definition) is 1. The molecule has 0 atom stereocenters. The Labute approximate surface area is 68.5 Å². The van der Waals surface area contributed by atoms with E-state index >= 15 is 0 Å². The zero-order chi connectivity index (χ0) is 7.45. The van der Waals surface area contributed by atoms with Gasteiger partial charge in [-0.15, -0.1) is 0 Å². The molecular formula is C7H9BrFN. The summed E-state index contributed by atoms with van der Waals surface area (Å²) < 4.78 is 13.3. The van der Waals surface area contributed by atoms with Crippen LogP contribution in [0.1, 0.15) is 12.8 Å². The second kappa shape index (κ2) is 3.36. The van der Waals surface area contributed by atoms with Gasteiger partial charge >= 0.3 is 0 Å². The van der Waals surface area contributed by atoms with Crippen molar-refractivity contribution in [3.8, 4) is 10.8 Å². The fourth-order valence-corrected chi connectivity index (χ4v) is 1.39. The second-order valence-electron chi connectivity index (χ2n) is 2.43. The minimum Gasteiger partial charge on any atom is -0.316 e. The summed E-state index contributed by atoms with van der Waals surface area (Å²) in [5, 5.41) is 3.08. The van der Waals surface area contributed by atoms with Crippen molar-refractivity contribution in [3.05, 3.63) is 0 Å². The van der Waals surface area contributed by atoms with Crippen LogP contribution in [0.4, 0.5) is 4.39 Å². The van der Waals surface area contributed by atoms with E-state index in [1.165, 1.54) is 0 Å². The molecule has 0 aromatic carbocycles. The van der Waals surface area contributed by atoms with Gasteiger partial charge in [0, 0.05) is 28.8 Å². The molecule has 0 radical (unpaired) electrons. The molecule has 1 rings (SSSR count). The molecule has 0 unspecified atom stereocenters. The molecule has 1 saturated heterocycles. The van der Waals surface area contributed by atoms with Gasteiger partial charge in [0.1, 0.15) is 0 Å². The fraction of sp³-hybridized carbons (Fsp3) is 0.714. The Balaban J connectivity index is 2.53. The Morgan fingerprint density at radius 2 is 2.00 bits per heavy atom. The summed E-state index contributed by atoms with van der Waals surface area (Å²) in [5.74, 6) is 2.52. The van der Waals surface area contributed by atoms with Gasteiger partial charge in [0.05, 0.1) is 0 Å². The zero-order valence-electron chi connectivity index (χ0n) is 5.58. The molecule has 3 heteroatoms. The fourth-order valence-electron chi connectivity index (χ4n) is 1.03. The minimum absolute atomic E-state index is 0.506. The normalized spacial score (nSPS) is 23.0. The molecule has 0 spiro atoms. The highest BCUT2D eigenvalue weighted by molar-refractivity contribution is 9.12. The monoisotopic (exact) mass is 205 g/mol. The Hall–Kier alpha value is -0.0700. The van der Waals surface area contributed by atoms with Crippen molar-refractivity contribution >= 4 is 15.9 Å². The van der Waals surface area contributed by atoms with Gasteiger partial charge in [0.25, 0.3) is 0 Å². The van der Waals surface area contributed by atoms with E-state index in [2.05, 4.69) is 32.0 Å². The quantitative estimate of drug-likeness (QED) is 0.591. The van der Waals surface area contributed by atoms with Gasteiger partial charge in [-0.1, -0.05) is 0 Å². The van der Waals surface area contributed by atoms with Gasteiger partial charge in [0.15, 0.2) is 5.67 Å². The first-order valence-corrected chi connectivity index (χ1v) is 4.09. The summed E-state index contributed by atoms with van der Waals surface area (Å²) in [6.45, 7) is 1.47. The lowest BCUT2D eigenvalue weighted by Gasteiger charge is -2.24. The molecule has 0 aliphatic carbocycles. The molecular weight excluding hydrogens is 197 g/mol. The van der Waals surface area contributed by atoms with Crippen molar-refractivity contribution in [2.24, 2.45) is 0 Å². The highest BCUT2D eigenvalue weighted by Gasteiger charge is 2.28. The molecule has 0 amide bonds. The molecule has 0 aromatic heterocycles. The number of piperidine rings is 1.